The number of carbonyl (C=O) groups is 2. The van der Waals surface area contributed by atoms with Gasteiger partial charge < -0.3 is 15.0 Å². The SMILES string of the molecule is CNCCN1CC(C(=O)OC)CC1=O. The summed E-state index contributed by atoms with van der Waals surface area (Å²) in [4.78, 5) is 24.3. The highest BCUT2D eigenvalue weighted by Crippen LogP contribution is 2.18. The van der Waals surface area contributed by atoms with E-state index < -0.39 is 0 Å². The van der Waals surface area contributed by atoms with Gasteiger partial charge >= 0.3 is 5.97 Å². The molecule has 0 aromatic rings. The van der Waals surface area contributed by atoms with Gasteiger partial charge in [-0.15, -0.1) is 0 Å². The monoisotopic (exact) mass is 200 g/mol. The predicted molar refractivity (Wildman–Crippen MR) is 50.6 cm³/mol. The van der Waals surface area contributed by atoms with Crippen molar-refractivity contribution in [2.75, 3.05) is 33.8 Å². The second kappa shape index (κ2) is 4.95. The van der Waals surface area contributed by atoms with Crippen molar-refractivity contribution >= 4 is 11.9 Å². The Hall–Kier alpha value is -1.10. The Labute approximate surface area is 83.4 Å². The molecule has 5 heteroatoms. The zero-order valence-electron chi connectivity index (χ0n) is 8.58. The van der Waals surface area contributed by atoms with E-state index in [1.54, 1.807) is 4.90 Å². The average Bonchev–Trinajstić information content (AvgIpc) is 2.56. The summed E-state index contributed by atoms with van der Waals surface area (Å²) < 4.78 is 4.60. The van der Waals surface area contributed by atoms with E-state index in [-0.39, 0.29) is 24.2 Å². The lowest BCUT2D eigenvalue weighted by atomic mass is 10.1. The number of carbonyl (C=O) groups excluding carboxylic acids is 2. The molecule has 1 heterocycles. The van der Waals surface area contributed by atoms with Crippen molar-refractivity contribution < 1.29 is 14.3 Å². The van der Waals surface area contributed by atoms with Crippen LogP contribution >= 0.6 is 0 Å². The zero-order chi connectivity index (χ0) is 10.6. The Morgan fingerprint density at radius 2 is 2.43 bits per heavy atom. The lowest BCUT2D eigenvalue weighted by Crippen LogP contribution is -2.32. The lowest BCUT2D eigenvalue weighted by Gasteiger charge is -2.15. The number of likely N-dealkylation sites (tertiary alicyclic amines) is 1. The van der Waals surface area contributed by atoms with Crippen LogP contribution in [-0.2, 0) is 14.3 Å². The first kappa shape index (κ1) is 11.0. The standard InChI is InChI=1S/C9H16N2O3/c1-10-3-4-11-6-7(5-8(11)12)9(13)14-2/h7,10H,3-6H2,1-2H3. The summed E-state index contributed by atoms with van der Waals surface area (Å²) in [5, 5.41) is 2.96. The van der Waals surface area contributed by atoms with Crippen molar-refractivity contribution in [1.82, 2.24) is 10.2 Å². The Balaban J connectivity index is 2.43. The van der Waals surface area contributed by atoms with Crippen molar-refractivity contribution in [2.45, 2.75) is 6.42 Å². The Bertz CT molecular complexity index is 230. The van der Waals surface area contributed by atoms with Crippen molar-refractivity contribution in [3.63, 3.8) is 0 Å². The molecule has 0 aromatic carbocycles. The van der Waals surface area contributed by atoms with Gasteiger partial charge in [0.2, 0.25) is 5.91 Å². The number of methoxy groups -OCH3 is 1. The van der Waals surface area contributed by atoms with Crippen molar-refractivity contribution in [1.29, 1.82) is 0 Å². The van der Waals surface area contributed by atoms with E-state index in [9.17, 15) is 9.59 Å². The number of hydrogen-bond acceptors (Lipinski definition) is 4. The minimum Gasteiger partial charge on any atom is -0.469 e. The number of nitrogens with one attached hydrogen (secondary N) is 1. The van der Waals surface area contributed by atoms with E-state index in [1.165, 1.54) is 7.11 Å². The topological polar surface area (TPSA) is 58.6 Å². The average molecular weight is 200 g/mol. The molecule has 14 heavy (non-hydrogen) atoms. The number of hydrogen-bond donors (Lipinski definition) is 1. The first-order valence-corrected chi connectivity index (χ1v) is 4.69. The molecule has 0 aliphatic carbocycles. The summed E-state index contributed by atoms with van der Waals surface area (Å²) in [6, 6.07) is 0. The fraction of sp³-hybridized carbons (Fsp3) is 0.778. The van der Waals surface area contributed by atoms with Gasteiger partial charge in [-0.2, -0.15) is 0 Å². The molecule has 1 aliphatic rings. The maximum atomic E-state index is 11.4. The van der Waals surface area contributed by atoms with E-state index >= 15 is 0 Å². The van der Waals surface area contributed by atoms with Gasteiger partial charge in [0.15, 0.2) is 0 Å². The largest absolute Gasteiger partial charge is 0.469 e. The highest BCUT2D eigenvalue weighted by Gasteiger charge is 2.34. The van der Waals surface area contributed by atoms with Crippen LogP contribution in [0.1, 0.15) is 6.42 Å². The van der Waals surface area contributed by atoms with Crippen LogP contribution in [0.5, 0.6) is 0 Å². The van der Waals surface area contributed by atoms with E-state index in [4.69, 9.17) is 0 Å². The molecule has 1 N–H and O–H groups in total. The molecule has 0 radical (unpaired) electrons. The Morgan fingerprint density at radius 1 is 1.71 bits per heavy atom. The summed E-state index contributed by atoms with van der Waals surface area (Å²) in [6.07, 6.45) is 0.288. The van der Waals surface area contributed by atoms with Gasteiger partial charge in [-0.05, 0) is 7.05 Å². The third kappa shape index (κ3) is 2.45. The van der Waals surface area contributed by atoms with Crippen molar-refractivity contribution in [3.05, 3.63) is 0 Å². The second-order valence-electron chi connectivity index (χ2n) is 3.37. The summed E-state index contributed by atoms with van der Waals surface area (Å²) in [6.45, 7) is 1.90. The zero-order valence-corrected chi connectivity index (χ0v) is 8.58. The summed E-state index contributed by atoms with van der Waals surface area (Å²) in [7, 11) is 3.18. The maximum absolute atomic E-state index is 11.4. The number of rotatable bonds is 4. The van der Waals surface area contributed by atoms with Gasteiger partial charge in [-0.1, -0.05) is 0 Å². The Morgan fingerprint density at radius 3 is 3.00 bits per heavy atom. The molecule has 1 amide bonds. The van der Waals surface area contributed by atoms with Crippen LogP contribution in [-0.4, -0.2) is 50.6 Å². The van der Waals surface area contributed by atoms with Gasteiger partial charge in [0, 0.05) is 26.1 Å². The molecule has 80 valence electrons. The summed E-state index contributed by atoms with van der Waals surface area (Å²) >= 11 is 0. The molecule has 0 saturated carbocycles. The molecule has 1 aliphatic heterocycles. The fourth-order valence-electron chi connectivity index (χ4n) is 1.56. The highest BCUT2D eigenvalue weighted by atomic mass is 16.5. The van der Waals surface area contributed by atoms with Gasteiger partial charge in [0.25, 0.3) is 0 Å². The van der Waals surface area contributed by atoms with Crippen LogP contribution in [0.3, 0.4) is 0 Å². The molecule has 0 bridgehead atoms. The molecule has 5 nitrogen and oxygen atoms in total. The number of esters is 1. The van der Waals surface area contributed by atoms with Crippen molar-refractivity contribution in [3.8, 4) is 0 Å². The van der Waals surface area contributed by atoms with Crippen LogP contribution in [0.4, 0.5) is 0 Å². The van der Waals surface area contributed by atoms with E-state index in [0.717, 1.165) is 6.54 Å². The van der Waals surface area contributed by atoms with E-state index in [1.807, 2.05) is 7.05 Å². The molecule has 0 spiro atoms. The molecule has 1 saturated heterocycles. The van der Waals surface area contributed by atoms with Crippen molar-refractivity contribution in [2.24, 2.45) is 5.92 Å². The third-order valence-electron chi connectivity index (χ3n) is 2.38. The van der Waals surface area contributed by atoms with E-state index in [2.05, 4.69) is 10.1 Å². The minimum atomic E-state index is -0.287. The molecule has 1 rings (SSSR count). The first-order chi connectivity index (χ1) is 6.69. The van der Waals surface area contributed by atoms with Crippen LogP contribution in [0.15, 0.2) is 0 Å². The number of nitrogens with zero attached hydrogens (tertiary/aromatic N) is 1. The highest BCUT2D eigenvalue weighted by molar-refractivity contribution is 5.86. The second-order valence-corrected chi connectivity index (χ2v) is 3.37. The Kier molecular flexibility index (Phi) is 3.88. The van der Waals surface area contributed by atoms with Gasteiger partial charge in [0.1, 0.15) is 0 Å². The fourth-order valence-corrected chi connectivity index (χ4v) is 1.56. The summed E-state index contributed by atoms with van der Waals surface area (Å²) in [5.74, 6) is -0.523. The van der Waals surface area contributed by atoms with Crippen LogP contribution in [0.25, 0.3) is 0 Å². The minimum absolute atomic E-state index is 0.0376. The maximum Gasteiger partial charge on any atom is 0.310 e. The van der Waals surface area contributed by atoms with Gasteiger partial charge in [-0.25, -0.2) is 0 Å². The molecule has 0 aromatic heterocycles. The molecule has 1 unspecified atom stereocenters. The van der Waals surface area contributed by atoms with Crippen LogP contribution in [0.2, 0.25) is 0 Å². The lowest BCUT2D eigenvalue weighted by molar-refractivity contribution is -0.145. The molecule has 1 atom stereocenters. The third-order valence-corrected chi connectivity index (χ3v) is 2.38. The van der Waals surface area contributed by atoms with Crippen LogP contribution in [0, 0.1) is 5.92 Å². The summed E-state index contributed by atoms with van der Waals surface area (Å²) in [5.41, 5.74) is 0. The normalized spacial score (nSPS) is 21.4. The molecular formula is C9H16N2O3. The number of likely N-dealkylation sites (N-methyl/N-ethyl adjacent to an activating group) is 1. The molecular weight excluding hydrogens is 184 g/mol. The van der Waals surface area contributed by atoms with E-state index in [0.29, 0.717) is 13.1 Å². The van der Waals surface area contributed by atoms with Crippen LogP contribution < -0.4 is 5.32 Å². The molecule has 1 fully saturated rings. The van der Waals surface area contributed by atoms with Gasteiger partial charge in [-0.3, -0.25) is 9.59 Å². The quantitative estimate of drug-likeness (QED) is 0.605. The first-order valence-electron chi connectivity index (χ1n) is 4.69. The number of ether oxygens (including phenoxy) is 1. The predicted octanol–water partition coefficient (Wildman–Crippen LogP) is -0.773. The van der Waals surface area contributed by atoms with Gasteiger partial charge in [0.05, 0.1) is 13.0 Å². The number of amides is 1. The smallest absolute Gasteiger partial charge is 0.310 e.